The average molecular weight is 273 g/mol. The van der Waals surface area contributed by atoms with Crippen LogP contribution in [0.2, 0.25) is 0 Å². The lowest BCUT2D eigenvalue weighted by Gasteiger charge is -2.14. The summed E-state index contributed by atoms with van der Waals surface area (Å²) in [5, 5.41) is 15.4. The number of carbonyl (C=O) groups is 1. The van der Waals surface area contributed by atoms with E-state index in [9.17, 15) is 18.0 Å². The first-order valence-corrected chi connectivity index (χ1v) is 5.62. The van der Waals surface area contributed by atoms with Crippen LogP contribution in [0.5, 0.6) is 0 Å². The van der Waals surface area contributed by atoms with E-state index in [1.54, 1.807) is 0 Å². The van der Waals surface area contributed by atoms with Crippen LogP contribution in [0, 0.1) is 5.92 Å². The predicted molar refractivity (Wildman–Crippen MR) is 52.2 cm³/mol. The number of halogens is 3. The number of aromatic nitrogens is 2. The van der Waals surface area contributed by atoms with E-state index in [1.807, 2.05) is 0 Å². The number of rotatable bonds is 4. The van der Waals surface area contributed by atoms with Crippen molar-refractivity contribution in [2.24, 2.45) is 5.92 Å². The van der Waals surface area contributed by atoms with Gasteiger partial charge in [0.25, 0.3) is 0 Å². The van der Waals surface area contributed by atoms with Crippen molar-refractivity contribution in [3.05, 3.63) is 0 Å². The summed E-state index contributed by atoms with van der Waals surface area (Å²) in [6.45, 7) is 0. The Hall–Kier alpha value is -1.03. The summed E-state index contributed by atoms with van der Waals surface area (Å²) in [4.78, 5) is 10.4. The van der Waals surface area contributed by atoms with Crippen LogP contribution >= 0.6 is 23.1 Å². The Balaban J connectivity index is 2.61. The van der Waals surface area contributed by atoms with Gasteiger partial charge in [0.05, 0.1) is 0 Å². The maximum absolute atomic E-state index is 12.2. The van der Waals surface area contributed by atoms with Crippen LogP contribution in [0.15, 0.2) is 4.34 Å². The highest BCUT2D eigenvalue weighted by Crippen LogP contribution is 2.33. The number of aliphatic carboxylic acids is 1. The monoisotopic (exact) mass is 273 g/mol. The Morgan fingerprint density at radius 1 is 1.56 bits per heavy atom. The van der Waals surface area contributed by atoms with Crippen molar-refractivity contribution < 1.29 is 23.1 Å². The molecule has 0 aliphatic rings. The first-order chi connectivity index (χ1) is 7.30. The number of nitrogens with two attached hydrogens (primary N) is 1. The molecule has 1 rings (SSSR count). The van der Waals surface area contributed by atoms with Gasteiger partial charge in [-0.05, 0) is 0 Å². The molecule has 1 unspecified atom stereocenters. The molecule has 5 nitrogen and oxygen atoms in total. The number of carboxylic acid groups (broad SMARTS) is 1. The number of hydrogen-bond acceptors (Lipinski definition) is 6. The number of anilines is 1. The zero-order chi connectivity index (χ0) is 12.3. The van der Waals surface area contributed by atoms with Gasteiger partial charge in [-0.15, -0.1) is 10.2 Å². The molecule has 0 spiro atoms. The molecular weight excluding hydrogens is 267 g/mol. The maximum atomic E-state index is 12.2. The highest BCUT2D eigenvalue weighted by atomic mass is 32.2. The summed E-state index contributed by atoms with van der Waals surface area (Å²) in [7, 11) is 0. The zero-order valence-electron chi connectivity index (χ0n) is 7.56. The first kappa shape index (κ1) is 13.0. The van der Waals surface area contributed by atoms with Crippen molar-refractivity contribution in [1.82, 2.24) is 10.2 Å². The smallest absolute Gasteiger partial charge is 0.403 e. The minimum Gasteiger partial charge on any atom is -0.481 e. The molecule has 0 aliphatic heterocycles. The Kier molecular flexibility index (Phi) is 3.97. The van der Waals surface area contributed by atoms with Crippen LogP contribution < -0.4 is 5.73 Å². The second-order valence-corrected chi connectivity index (χ2v) is 4.93. The highest BCUT2D eigenvalue weighted by molar-refractivity contribution is 8.01. The lowest BCUT2D eigenvalue weighted by molar-refractivity contribution is -0.188. The zero-order valence-corrected chi connectivity index (χ0v) is 9.20. The molecule has 0 radical (unpaired) electrons. The molecule has 1 aromatic rings. The molecule has 10 heteroatoms. The van der Waals surface area contributed by atoms with Gasteiger partial charge in [0, 0.05) is 5.75 Å². The van der Waals surface area contributed by atoms with E-state index in [1.165, 1.54) is 0 Å². The second kappa shape index (κ2) is 4.87. The van der Waals surface area contributed by atoms with E-state index >= 15 is 0 Å². The van der Waals surface area contributed by atoms with Crippen molar-refractivity contribution in [1.29, 1.82) is 0 Å². The lowest BCUT2D eigenvalue weighted by Crippen LogP contribution is -2.32. The Morgan fingerprint density at radius 2 is 2.19 bits per heavy atom. The maximum Gasteiger partial charge on any atom is 0.403 e. The van der Waals surface area contributed by atoms with Crippen molar-refractivity contribution in [2.75, 3.05) is 11.5 Å². The molecule has 16 heavy (non-hydrogen) atoms. The summed E-state index contributed by atoms with van der Waals surface area (Å²) in [6, 6.07) is 0. The van der Waals surface area contributed by atoms with Gasteiger partial charge >= 0.3 is 12.1 Å². The third-order valence-electron chi connectivity index (χ3n) is 1.49. The molecule has 3 N–H and O–H groups in total. The molecule has 0 saturated heterocycles. The highest BCUT2D eigenvalue weighted by Gasteiger charge is 2.45. The summed E-state index contributed by atoms with van der Waals surface area (Å²) in [5.74, 6) is -4.96. The average Bonchev–Trinajstić information content (AvgIpc) is 2.48. The van der Waals surface area contributed by atoms with Gasteiger partial charge in [0.1, 0.15) is 0 Å². The van der Waals surface area contributed by atoms with Crippen LogP contribution in [-0.2, 0) is 4.79 Å². The SMILES string of the molecule is Nc1nnc(SCC(C(=O)O)C(F)(F)F)s1. The molecule has 1 heterocycles. The fourth-order valence-corrected chi connectivity index (χ4v) is 2.52. The number of alkyl halides is 3. The van der Waals surface area contributed by atoms with Gasteiger partial charge in [0.15, 0.2) is 10.3 Å². The van der Waals surface area contributed by atoms with Crippen LogP contribution in [0.25, 0.3) is 0 Å². The van der Waals surface area contributed by atoms with Gasteiger partial charge < -0.3 is 10.8 Å². The van der Waals surface area contributed by atoms with Gasteiger partial charge in [-0.2, -0.15) is 13.2 Å². The van der Waals surface area contributed by atoms with Crippen molar-refractivity contribution in [3.8, 4) is 0 Å². The molecule has 0 saturated carbocycles. The van der Waals surface area contributed by atoms with Gasteiger partial charge in [-0.3, -0.25) is 4.79 Å². The van der Waals surface area contributed by atoms with E-state index < -0.39 is 23.8 Å². The normalized spacial score (nSPS) is 13.7. The number of thioether (sulfide) groups is 1. The number of hydrogen-bond donors (Lipinski definition) is 2. The predicted octanol–water partition coefficient (Wildman–Crippen LogP) is 1.48. The van der Waals surface area contributed by atoms with Crippen molar-refractivity contribution in [2.45, 2.75) is 10.5 Å². The second-order valence-electron chi connectivity index (χ2n) is 2.65. The van der Waals surface area contributed by atoms with E-state index in [-0.39, 0.29) is 9.47 Å². The third-order valence-corrected chi connectivity index (χ3v) is 3.47. The summed E-state index contributed by atoms with van der Waals surface area (Å²) < 4.78 is 36.9. The van der Waals surface area contributed by atoms with Crippen LogP contribution in [0.4, 0.5) is 18.3 Å². The minimum atomic E-state index is -4.77. The number of nitrogen functional groups attached to an aromatic ring is 1. The largest absolute Gasteiger partial charge is 0.481 e. The molecule has 0 bridgehead atoms. The fourth-order valence-electron chi connectivity index (χ4n) is 0.739. The van der Waals surface area contributed by atoms with E-state index in [2.05, 4.69) is 10.2 Å². The van der Waals surface area contributed by atoms with Crippen molar-refractivity contribution >= 4 is 34.2 Å². The fraction of sp³-hybridized carbons (Fsp3) is 0.500. The first-order valence-electron chi connectivity index (χ1n) is 3.82. The Labute approximate surface area is 95.9 Å². The molecule has 0 aromatic carbocycles. The van der Waals surface area contributed by atoms with Crippen molar-refractivity contribution in [3.63, 3.8) is 0 Å². The minimum absolute atomic E-state index is 0.126. The lowest BCUT2D eigenvalue weighted by atomic mass is 10.2. The quantitative estimate of drug-likeness (QED) is 0.808. The third kappa shape index (κ3) is 3.52. The Morgan fingerprint density at radius 3 is 2.56 bits per heavy atom. The van der Waals surface area contributed by atoms with Gasteiger partial charge in [-0.1, -0.05) is 23.1 Å². The Bertz CT molecular complexity index is 381. The molecule has 90 valence electrons. The molecule has 0 amide bonds. The molecule has 0 aliphatic carbocycles. The molecular formula is C6H6F3N3O2S2. The standard InChI is InChI=1S/C6H6F3N3O2S2/c7-6(8,9)2(3(13)14)1-15-5-12-11-4(10)16-5/h2H,1H2,(H2,10,11)(H,13,14). The molecule has 1 aromatic heterocycles. The summed E-state index contributed by atoms with van der Waals surface area (Å²) in [5.41, 5.74) is 5.22. The van der Waals surface area contributed by atoms with Crippen LogP contribution in [0.1, 0.15) is 0 Å². The number of nitrogens with zero attached hydrogens (tertiary/aromatic N) is 2. The summed E-state index contributed by atoms with van der Waals surface area (Å²) >= 11 is 1.58. The van der Waals surface area contributed by atoms with Crippen LogP contribution in [0.3, 0.4) is 0 Å². The van der Waals surface area contributed by atoms with E-state index in [0.717, 1.165) is 11.3 Å². The molecule has 0 fully saturated rings. The van der Waals surface area contributed by atoms with Gasteiger partial charge in [-0.25, -0.2) is 0 Å². The number of carboxylic acids is 1. The van der Waals surface area contributed by atoms with E-state index in [0.29, 0.717) is 11.8 Å². The van der Waals surface area contributed by atoms with Crippen LogP contribution in [-0.4, -0.2) is 33.2 Å². The topological polar surface area (TPSA) is 89.1 Å². The molecule has 1 atom stereocenters. The van der Waals surface area contributed by atoms with Gasteiger partial charge in [0.2, 0.25) is 5.13 Å². The van der Waals surface area contributed by atoms with E-state index in [4.69, 9.17) is 10.8 Å². The summed E-state index contributed by atoms with van der Waals surface area (Å²) in [6.07, 6.45) is -4.77.